The van der Waals surface area contributed by atoms with Gasteiger partial charge in [0.1, 0.15) is 23.1 Å². The van der Waals surface area contributed by atoms with E-state index >= 15 is 0 Å². The molecule has 130 valence electrons. The Labute approximate surface area is 152 Å². The van der Waals surface area contributed by atoms with Gasteiger partial charge in [-0.05, 0) is 24.3 Å². The summed E-state index contributed by atoms with van der Waals surface area (Å²) in [5.74, 6) is 0.628. The molecule has 0 aliphatic heterocycles. The Balaban J connectivity index is 1.50. The highest BCUT2D eigenvalue weighted by atomic mass is 32.1. The molecule has 7 nitrogen and oxygen atoms in total. The summed E-state index contributed by atoms with van der Waals surface area (Å²) >= 11 is 1.48. The van der Waals surface area contributed by atoms with Crippen LogP contribution in [0.1, 0.15) is 10.7 Å². The Bertz CT molecular complexity index is 1040. The predicted octanol–water partition coefficient (Wildman–Crippen LogP) is 2.98. The van der Waals surface area contributed by atoms with Crippen molar-refractivity contribution in [1.29, 1.82) is 0 Å². The summed E-state index contributed by atoms with van der Waals surface area (Å²) < 4.78 is 11.9. The van der Waals surface area contributed by atoms with Crippen molar-refractivity contribution in [2.24, 2.45) is 0 Å². The van der Waals surface area contributed by atoms with E-state index in [0.29, 0.717) is 18.1 Å². The van der Waals surface area contributed by atoms with Gasteiger partial charge in [0.05, 0.1) is 12.2 Å². The van der Waals surface area contributed by atoms with Crippen molar-refractivity contribution in [1.82, 2.24) is 19.7 Å². The van der Waals surface area contributed by atoms with Gasteiger partial charge in [0.15, 0.2) is 0 Å². The molecule has 1 aromatic carbocycles. The van der Waals surface area contributed by atoms with Crippen molar-refractivity contribution in [3.05, 3.63) is 81.4 Å². The largest absolute Gasteiger partial charge is 0.486 e. The lowest BCUT2D eigenvalue weighted by Gasteiger charge is -2.03. The van der Waals surface area contributed by atoms with Crippen LogP contribution in [0, 0.1) is 0 Å². The van der Waals surface area contributed by atoms with Crippen LogP contribution in [0.5, 0.6) is 5.75 Å². The Kier molecular flexibility index (Phi) is 4.57. The molecular weight excluding hydrogens is 352 g/mol. The molecule has 8 heteroatoms. The molecule has 0 amide bonds. The highest BCUT2D eigenvalue weighted by molar-refractivity contribution is 7.09. The van der Waals surface area contributed by atoms with E-state index in [0.717, 1.165) is 16.5 Å². The zero-order valence-corrected chi connectivity index (χ0v) is 14.4. The quantitative estimate of drug-likeness (QED) is 0.522. The van der Waals surface area contributed by atoms with Gasteiger partial charge in [0, 0.05) is 11.6 Å². The van der Waals surface area contributed by atoms with Crippen LogP contribution in [0.25, 0.3) is 11.5 Å². The van der Waals surface area contributed by atoms with Crippen LogP contribution in [0.4, 0.5) is 0 Å². The highest BCUT2D eigenvalue weighted by Gasteiger charge is 2.15. The first-order chi connectivity index (χ1) is 12.8. The third-order valence-electron chi connectivity index (χ3n) is 3.61. The van der Waals surface area contributed by atoms with Crippen molar-refractivity contribution in [3.8, 4) is 17.3 Å². The van der Waals surface area contributed by atoms with E-state index in [2.05, 4.69) is 15.1 Å². The zero-order chi connectivity index (χ0) is 17.8. The first kappa shape index (κ1) is 16.2. The molecule has 0 aliphatic carbocycles. The number of ether oxygens (including phenoxy) is 1. The average Bonchev–Trinajstić information content (AvgIpc) is 3.29. The van der Waals surface area contributed by atoms with Crippen LogP contribution in [0.3, 0.4) is 0 Å². The van der Waals surface area contributed by atoms with Crippen LogP contribution in [-0.4, -0.2) is 19.7 Å². The standard InChI is InChI=1S/C18H14N4O3S/c23-18-22(17(21-25-18)15-8-4-5-9-19-15)10-13-12-26-16(20-13)11-24-14-6-2-1-3-7-14/h1-9,12H,10-11H2. The second-order valence-corrected chi connectivity index (χ2v) is 6.35. The van der Waals surface area contributed by atoms with Gasteiger partial charge < -0.3 is 4.74 Å². The van der Waals surface area contributed by atoms with Crippen LogP contribution >= 0.6 is 11.3 Å². The second-order valence-electron chi connectivity index (χ2n) is 5.41. The van der Waals surface area contributed by atoms with Crippen molar-refractivity contribution in [2.45, 2.75) is 13.2 Å². The van der Waals surface area contributed by atoms with Crippen molar-refractivity contribution in [3.63, 3.8) is 0 Å². The van der Waals surface area contributed by atoms with Gasteiger partial charge in [-0.15, -0.1) is 11.3 Å². The smallest absolute Gasteiger partial charge is 0.442 e. The predicted molar refractivity (Wildman–Crippen MR) is 96.0 cm³/mol. The van der Waals surface area contributed by atoms with E-state index in [-0.39, 0.29) is 6.54 Å². The second kappa shape index (κ2) is 7.32. The lowest BCUT2D eigenvalue weighted by Crippen LogP contribution is -2.16. The van der Waals surface area contributed by atoms with E-state index in [1.807, 2.05) is 41.8 Å². The fourth-order valence-corrected chi connectivity index (χ4v) is 3.09. The summed E-state index contributed by atoms with van der Waals surface area (Å²) in [5.41, 5.74) is 1.31. The van der Waals surface area contributed by atoms with Gasteiger partial charge in [-0.2, -0.15) is 0 Å². The molecule has 0 spiro atoms. The molecule has 3 aromatic heterocycles. The summed E-state index contributed by atoms with van der Waals surface area (Å²) in [7, 11) is 0. The maximum Gasteiger partial charge on any atom is 0.442 e. The molecular formula is C18H14N4O3S. The lowest BCUT2D eigenvalue weighted by molar-refractivity contribution is 0.305. The van der Waals surface area contributed by atoms with Gasteiger partial charge in [0.25, 0.3) is 0 Å². The fraction of sp³-hybridized carbons (Fsp3) is 0.111. The first-order valence-electron chi connectivity index (χ1n) is 7.88. The molecule has 0 atom stereocenters. The van der Waals surface area contributed by atoms with E-state index in [4.69, 9.17) is 9.26 Å². The zero-order valence-electron chi connectivity index (χ0n) is 13.6. The minimum absolute atomic E-state index is 0.260. The summed E-state index contributed by atoms with van der Waals surface area (Å²) in [6.07, 6.45) is 1.64. The number of aromatic nitrogens is 4. The third kappa shape index (κ3) is 3.55. The molecule has 0 fully saturated rings. The number of para-hydroxylation sites is 1. The Morgan fingerprint density at radius 1 is 1.12 bits per heavy atom. The number of hydrogen-bond acceptors (Lipinski definition) is 7. The molecule has 3 heterocycles. The summed E-state index contributed by atoms with van der Waals surface area (Å²) in [4.78, 5) is 20.7. The molecule has 0 saturated heterocycles. The number of thiazole rings is 1. The molecule has 26 heavy (non-hydrogen) atoms. The Hall–Kier alpha value is -3.26. The van der Waals surface area contributed by atoms with Crippen molar-refractivity contribution >= 4 is 11.3 Å². The van der Waals surface area contributed by atoms with E-state index in [9.17, 15) is 4.79 Å². The minimum Gasteiger partial charge on any atom is -0.486 e. The molecule has 0 radical (unpaired) electrons. The molecule has 0 unspecified atom stereocenters. The summed E-state index contributed by atoms with van der Waals surface area (Å²) in [5, 5.41) is 6.55. The number of pyridine rings is 1. The minimum atomic E-state index is -0.541. The first-order valence-corrected chi connectivity index (χ1v) is 8.76. The molecule has 0 saturated carbocycles. The average molecular weight is 366 g/mol. The highest BCUT2D eigenvalue weighted by Crippen LogP contribution is 2.17. The molecule has 0 aliphatic rings. The SMILES string of the molecule is O=c1onc(-c2ccccn2)n1Cc1csc(COc2ccccc2)n1. The molecule has 0 bridgehead atoms. The van der Waals surface area contributed by atoms with Gasteiger partial charge in [-0.1, -0.05) is 29.4 Å². The molecule has 4 rings (SSSR count). The van der Waals surface area contributed by atoms with E-state index in [1.165, 1.54) is 15.9 Å². The van der Waals surface area contributed by atoms with Crippen LogP contribution < -0.4 is 10.5 Å². The summed E-state index contributed by atoms with van der Waals surface area (Å²) in [6, 6.07) is 15.0. The fourth-order valence-electron chi connectivity index (χ4n) is 2.40. The van der Waals surface area contributed by atoms with E-state index in [1.54, 1.807) is 18.3 Å². The maximum absolute atomic E-state index is 12.0. The summed E-state index contributed by atoms with van der Waals surface area (Å²) in [6.45, 7) is 0.635. The van der Waals surface area contributed by atoms with Crippen LogP contribution in [0.15, 0.2) is 69.4 Å². The number of hydrogen-bond donors (Lipinski definition) is 0. The Morgan fingerprint density at radius 3 is 2.77 bits per heavy atom. The lowest BCUT2D eigenvalue weighted by atomic mass is 10.3. The van der Waals surface area contributed by atoms with E-state index < -0.39 is 5.76 Å². The topological polar surface area (TPSA) is 83.0 Å². The molecule has 0 N–H and O–H groups in total. The monoisotopic (exact) mass is 366 g/mol. The third-order valence-corrected chi connectivity index (χ3v) is 4.48. The maximum atomic E-state index is 12.0. The number of benzene rings is 1. The van der Waals surface area contributed by atoms with Crippen LogP contribution in [0.2, 0.25) is 0 Å². The normalized spacial score (nSPS) is 10.8. The number of nitrogens with zero attached hydrogens (tertiary/aromatic N) is 4. The van der Waals surface area contributed by atoms with Crippen molar-refractivity contribution in [2.75, 3.05) is 0 Å². The number of rotatable bonds is 6. The van der Waals surface area contributed by atoms with Gasteiger partial charge >= 0.3 is 5.76 Å². The molecule has 4 aromatic rings. The van der Waals surface area contributed by atoms with Gasteiger partial charge in [0.2, 0.25) is 5.82 Å². The van der Waals surface area contributed by atoms with Gasteiger partial charge in [-0.25, -0.2) is 14.3 Å². The Morgan fingerprint density at radius 2 is 1.96 bits per heavy atom. The van der Waals surface area contributed by atoms with Crippen molar-refractivity contribution < 1.29 is 9.26 Å². The van der Waals surface area contributed by atoms with Gasteiger partial charge in [-0.3, -0.25) is 9.51 Å². The van der Waals surface area contributed by atoms with Crippen LogP contribution in [-0.2, 0) is 13.2 Å².